The van der Waals surface area contributed by atoms with Crippen molar-refractivity contribution in [2.45, 2.75) is 20.8 Å². The lowest BCUT2D eigenvalue weighted by molar-refractivity contribution is -0.150. The van der Waals surface area contributed by atoms with E-state index in [0.717, 1.165) is 5.56 Å². The van der Waals surface area contributed by atoms with E-state index < -0.39 is 5.97 Å². The zero-order valence-electron chi connectivity index (χ0n) is 10.6. The summed E-state index contributed by atoms with van der Waals surface area (Å²) in [6.07, 6.45) is 0. The normalized spacial score (nSPS) is 10.3. The van der Waals surface area contributed by atoms with Crippen molar-refractivity contribution in [3.8, 4) is 0 Å². The molecule has 0 bridgehead atoms. The van der Waals surface area contributed by atoms with E-state index in [1.165, 1.54) is 0 Å². The van der Waals surface area contributed by atoms with Crippen LogP contribution in [0.4, 0.5) is 5.69 Å². The van der Waals surface area contributed by atoms with Crippen molar-refractivity contribution in [1.82, 2.24) is 0 Å². The molecule has 1 amide bonds. The van der Waals surface area contributed by atoms with Crippen LogP contribution in [-0.4, -0.2) is 18.5 Å². The molecule has 0 atom stereocenters. The summed E-state index contributed by atoms with van der Waals surface area (Å²) < 4.78 is 4.81. The van der Waals surface area contributed by atoms with Gasteiger partial charge in [0.05, 0.1) is 5.92 Å². The zero-order chi connectivity index (χ0) is 13.7. The molecule has 0 saturated heterocycles. The molecule has 5 heteroatoms. The molecule has 0 saturated carbocycles. The summed E-state index contributed by atoms with van der Waals surface area (Å²) >= 11 is 5.93. The Balaban J connectivity index is 2.49. The number of halogens is 1. The van der Waals surface area contributed by atoms with E-state index in [4.69, 9.17) is 16.3 Å². The van der Waals surface area contributed by atoms with Crippen molar-refractivity contribution < 1.29 is 14.3 Å². The molecule has 0 radical (unpaired) electrons. The third kappa shape index (κ3) is 4.37. The highest BCUT2D eigenvalue weighted by Crippen LogP contribution is 2.19. The van der Waals surface area contributed by atoms with Crippen LogP contribution in [0, 0.1) is 12.8 Å². The number of aryl methyl sites for hydroxylation is 1. The van der Waals surface area contributed by atoms with E-state index in [1.54, 1.807) is 32.0 Å². The van der Waals surface area contributed by atoms with Gasteiger partial charge in [0.2, 0.25) is 0 Å². The fourth-order valence-electron chi connectivity index (χ4n) is 1.17. The molecule has 1 N–H and O–H groups in total. The summed E-state index contributed by atoms with van der Waals surface area (Å²) in [5.41, 5.74) is 1.51. The van der Waals surface area contributed by atoms with Gasteiger partial charge in [-0.05, 0) is 24.6 Å². The maximum absolute atomic E-state index is 11.5. The first-order valence-corrected chi connectivity index (χ1v) is 6.00. The minimum absolute atomic E-state index is 0.244. The molecule has 0 spiro atoms. The maximum atomic E-state index is 11.5. The lowest BCUT2D eigenvalue weighted by atomic mass is 10.2. The fraction of sp³-hybridized carbons (Fsp3) is 0.385. The minimum atomic E-state index is -0.396. The number of amides is 1. The number of benzene rings is 1. The smallest absolute Gasteiger partial charge is 0.308 e. The molecule has 0 heterocycles. The van der Waals surface area contributed by atoms with Crippen LogP contribution >= 0.6 is 11.6 Å². The van der Waals surface area contributed by atoms with Crippen LogP contribution < -0.4 is 5.32 Å². The first-order chi connectivity index (χ1) is 8.40. The molecule has 0 aliphatic rings. The first-order valence-electron chi connectivity index (χ1n) is 5.62. The van der Waals surface area contributed by atoms with E-state index in [2.05, 4.69) is 5.32 Å². The first kappa shape index (κ1) is 14.5. The Bertz CT molecular complexity index is 458. The fourth-order valence-corrected chi connectivity index (χ4v) is 1.35. The number of nitrogens with one attached hydrogen (secondary N) is 1. The van der Waals surface area contributed by atoms with Crippen LogP contribution in [0.1, 0.15) is 19.4 Å². The van der Waals surface area contributed by atoms with Gasteiger partial charge in [-0.3, -0.25) is 9.59 Å². The molecule has 98 valence electrons. The quantitative estimate of drug-likeness (QED) is 0.855. The molecular formula is C13H16ClNO3. The van der Waals surface area contributed by atoms with E-state index in [0.29, 0.717) is 10.7 Å². The predicted molar refractivity (Wildman–Crippen MR) is 70.6 cm³/mol. The SMILES string of the molecule is Cc1ccc(NC(=O)COC(=O)C(C)C)cc1Cl. The van der Waals surface area contributed by atoms with Gasteiger partial charge >= 0.3 is 5.97 Å². The highest BCUT2D eigenvalue weighted by molar-refractivity contribution is 6.31. The van der Waals surface area contributed by atoms with Gasteiger partial charge in [0.15, 0.2) is 6.61 Å². The van der Waals surface area contributed by atoms with Crippen molar-refractivity contribution >= 4 is 29.2 Å². The number of rotatable bonds is 4. The van der Waals surface area contributed by atoms with Crippen LogP contribution in [0.25, 0.3) is 0 Å². The highest BCUT2D eigenvalue weighted by Gasteiger charge is 2.11. The number of hydrogen-bond donors (Lipinski definition) is 1. The summed E-state index contributed by atoms with van der Waals surface area (Å²) in [5.74, 6) is -1.03. The average molecular weight is 270 g/mol. The molecule has 1 aromatic carbocycles. The Morgan fingerprint density at radius 3 is 2.61 bits per heavy atom. The van der Waals surface area contributed by atoms with Crippen molar-refractivity contribution in [1.29, 1.82) is 0 Å². The van der Waals surface area contributed by atoms with Gasteiger partial charge in [0.25, 0.3) is 5.91 Å². The number of ether oxygens (including phenoxy) is 1. The lowest BCUT2D eigenvalue weighted by Crippen LogP contribution is -2.22. The van der Waals surface area contributed by atoms with Crippen molar-refractivity contribution in [3.05, 3.63) is 28.8 Å². The van der Waals surface area contributed by atoms with Gasteiger partial charge in [-0.1, -0.05) is 31.5 Å². The van der Waals surface area contributed by atoms with Gasteiger partial charge in [-0.2, -0.15) is 0 Å². The molecule has 0 aliphatic heterocycles. The van der Waals surface area contributed by atoms with Gasteiger partial charge in [-0.25, -0.2) is 0 Å². The van der Waals surface area contributed by atoms with E-state index in [9.17, 15) is 9.59 Å². The molecule has 1 rings (SSSR count). The summed E-state index contributed by atoms with van der Waals surface area (Å²) in [6.45, 7) is 5.00. The van der Waals surface area contributed by atoms with Crippen molar-refractivity contribution in [2.75, 3.05) is 11.9 Å². The molecular weight excluding hydrogens is 254 g/mol. The van der Waals surface area contributed by atoms with E-state index in [-0.39, 0.29) is 18.4 Å². The molecule has 0 aromatic heterocycles. The minimum Gasteiger partial charge on any atom is -0.455 e. The number of esters is 1. The summed E-state index contributed by atoms with van der Waals surface area (Å²) in [4.78, 5) is 22.7. The second-order valence-corrected chi connectivity index (χ2v) is 4.68. The second kappa shape index (κ2) is 6.40. The Labute approximate surface area is 111 Å². The van der Waals surface area contributed by atoms with Crippen LogP contribution in [0.5, 0.6) is 0 Å². The van der Waals surface area contributed by atoms with Crippen LogP contribution in [-0.2, 0) is 14.3 Å². The standard InChI is InChI=1S/C13H16ClNO3/c1-8(2)13(17)18-7-12(16)15-10-5-4-9(3)11(14)6-10/h4-6,8H,7H2,1-3H3,(H,15,16). The van der Waals surface area contributed by atoms with Gasteiger partial charge in [0.1, 0.15) is 0 Å². The third-order valence-corrected chi connectivity index (χ3v) is 2.68. The summed E-state index contributed by atoms with van der Waals surface area (Å²) in [6, 6.07) is 5.19. The van der Waals surface area contributed by atoms with Crippen LogP contribution in [0.2, 0.25) is 5.02 Å². The number of anilines is 1. The van der Waals surface area contributed by atoms with Crippen LogP contribution in [0.3, 0.4) is 0 Å². The third-order valence-electron chi connectivity index (χ3n) is 2.27. The number of carbonyl (C=O) groups is 2. The molecule has 0 aliphatic carbocycles. The molecule has 0 unspecified atom stereocenters. The Morgan fingerprint density at radius 1 is 1.39 bits per heavy atom. The molecule has 0 fully saturated rings. The molecule has 18 heavy (non-hydrogen) atoms. The van der Waals surface area contributed by atoms with Gasteiger partial charge in [-0.15, -0.1) is 0 Å². The van der Waals surface area contributed by atoms with Crippen molar-refractivity contribution in [3.63, 3.8) is 0 Å². The Kier molecular flexibility index (Phi) is 5.16. The van der Waals surface area contributed by atoms with Crippen molar-refractivity contribution in [2.24, 2.45) is 5.92 Å². The second-order valence-electron chi connectivity index (χ2n) is 4.27. The number of carbonyl (C=O) groups excluding carboxylic acids is 2. The monoisotopic (exact) mass is 269 g/mol. The van der Waals surface area contributed by atoms with Crippen LogP contribution in [0.15, 0.2) is 18.2 Å². The van der Waals surface area contributed by atoms with E-state index >= 15 is 0 Å². The topological polar surface area (TPSA) is 55.4 Å². The molecule has 4 nitrogen and oxygen atoms in total. The summed E-state index contributed by atoms with van der Waals surface area (Å²) in [5, 5.41) is 3.18. The van der Waals surface area contributed by atoms with Gasteiger partial charge < -0.3 is 10.1 Å². The Morgan fingerprint density at radius 2 is 2.06 bits per heavy atom. The predicted octanol–water partition coefficient (Wildman–Crippen LogP) is 2.79. The largest absolute Gasteiger partial charge is 0.455 e. The van der Waals surface area contributed by atoms with Gasteiger partial charge in [0, 0.05) is 10.7 Å². The summed E-state index contributed by atoms with van der Waals surface area (Å²) in [7, 11) is 0. The number of hydrogen-bond acceptors (Lipinski definition) is 3. The molecule has 1 aromatic rings. The average Bonchev–Trinajstić information content (AvgIpc) is 2.30. The lowest BCUT2D eigenvalue weighted by Gasteiger charge is -2.08. The van der Waals surface area contributed by atoms with E-state index in [1.807, 2.05) is 6.92 Å². The zero-order valence-corrected chi connectivity index (χ0v) is 11.4. The maximum Gasteiger partial charge on any atom is 0.308 e. The Hall–Kier alpha value is -1.55. The highest BCUT2D eigenvalue weighted by atomic mass is 35.5.